The van der Waals surface area contributed by atoms with Crippen LogP contribution in [0.15, 0.2) is 18.2 Å². The van der Waals surface area contributed by atoms with Crippen LogP contribution in [0.4, 0.5) is 14.9 Å². The van der Waals surface area contributed by atoms with Crippen LogP contribution in [0.25, 0.3) is 0 Å². The lowest BCUT2D eigenvalue weighted by Gasteiger charge is -2.44. The van der Waals surface area contributed by atoms with Crippen molar-refractivity contribution in [2.45, 2.75) is 51.1 Å². The van der Waals surface area contributed by atoms with E-state index in [-0.39, 0.29) is 29.4 Å². The number of ether oxygens (including phenoxy) is 1. The first kappa shape index (κ1) is 19.2. The van der Waals surface area contributed by atoms with Gasteiger partial charge in [0.1, 0.15) is 5.82 Å². The molecule has 1 aromatic rings. The van der Waals surface area contributed by atoms with Crippen LogP contribution in [-0.4, -0.2) is 66.2 Å². The second-order valence-electron chi connectivity index (χ2n) is 8.30. The number of benzene rings is 1. The van der Waals surface area contributed by atoms with E-state index in [0.29, 0.717) is 26.1 Å². The summed E-state index contributed by atoms with van der Waals surface area (Å²) >= 11 is 0. The summed E-state index contributed by atoms with van der Waals surface area (Å²) in [5, 5.41) is 0. The molecule has 0 radical (unpaired) electrons. The molecule has 0 aliphatic carbocycles. The van der Waals surface area contributed by atoms with E-state index in [1.54, 1.807) is 11.0 Å². The van der Waals surface area contributed by atoms with Crippen LogP contribution in [-0.2, 0) is 16.0 Å². The number of anilines is 1. The van der Waals surface area contributed by atoms with Crippen molar-refractivity contribution in [1.82, 2.24) is 9.80 Å². The number of amides is 2. The smallest absolute Gasteiger partial charge is 0.409 e. The third-order valence-electron chi connectivity index (χ3n) is 6.49. The number of hydrogen-bond donors (Lipinski definition) is 0. The Bertz CT molecular complexity index is 778. The Kier molecular flexibility index (Phi) is 5.04. The van der Waals surface area contributed by atoms with E-state index in [4.69, 9.17) is 4.74 Å². The number of nitrogens with zero attached hydrogens (tertiary/aromatic N) is 3. The molecule has 0 aromatic heterocycles. The number of carbonyl (C=O) groups is 2. The van der Waals surface area contributed by atoms with Gasteiger partial charge < -0.3 is 14.5 Å². The molecule has 4 rings (SSSR count). The first-order valence-corrected chi connectivity index (χ1v) is 10.2. The van der Waals surface area contributed by atoms with Crippen LogP contribution in [0, 0.1) is 5.82 Å². The van der Waals surface area contributed by atoms with Crippen LogP contribution >= 0.6 is 0 Å². The molecule has 28 heavy (non-hydrogen) atoms. The van der Waals surface area contributed by atoms with E-state index in [9.17, 15) is 14.0 Å². The zero-order chi connectivity index (χ0) is 19.9. The summed E-state index contributed by atoms with van der Waals surface area (Å²) in [4.78, 5) is 30.6. The van der Waals surface area contributed by atoms with Gasteiger partial charge in [-0.15, -0.1) is 0 Å². The fraction of sp³-hybridized carbons (Fsp3) is 0.619. The Labute approximate surface area is 165 Å². The van der Waals surface area contributed by atoms with Crippen LogP contribution < -0.4 is 4.90 Å². The average Bonchev–Trinajstić information content (AvgIpc) is 3.22. The molecule has 1 aromatic carbocycles. The number of hydrogen-bond acceptors (Lipinski definition) is 4. The van der Waals surface area contributed by atoms with Gasteiger partial charge in [0.15, 0.2) is 0 Å². The van der Waals surface area contributed by atoms with E-state index in [1.165, 1.54) is 12.1 Å². The predicted molar refractivity (Wildman–Crippen MR) is 104 cm³/mol. The fourth-order valence-electron chi connectivity index (χ4n) is 4.93. The molecule has 0 spiro atoms. The normalized spacial score (nSPS) is 26.0. The first-order chi connectivity index (χ1) is 13.4. The standard InChI is InChI=1S/C21H28FN3O3/c1-3-28-20(27)23-11-8-21(2,14-23)24-9-6-17(7-10-24)25-18-13-16(22)5-4-15(18)12-19(25)26/h4-5,13,17H,3,6-12,14H2,1-2H3. The zero-order valence-electron chi connectivity index (χ0n) is 16.6. The van der Waals surface area contributed by atoms with Gasteiger partial charge in [-0.25, -0.2) is 9.18 Å². The van der Waals surface area contributed by atoms with E-state index >= 15 is 0 Å². The Morgan fingerprint density at radius 2 is 2.04 bits per heavy atom. The molecule has 3 heterocycles. The van der Waals surface area contributed by atoms with E-state index < -0.39 is 0 Å². The van der Waals surface area contributed by atoms with Gasteiger partial charge in [0.2, 0.25) is 5.91 Å². The summed E-state index contributed by atoms with van der Waals surface area (Å²) in [6, 6.07) is 4.75. The Hall–Kier alpha value is -2.15. The number of likely N-dealkylation sites (tertiary alicyclic amines) is 2. The monoisotopic (exact) mass is 389 g/mol. The van der Waals surface area contributed by atoms with Crippen LogP contribution in [0.1, 0.15) is 38.7 Å². The summed E-state index contributed by atoms with van der Waals surface area (Å²) < 4.78 is 18.9. The molecular weight excluding hydrogens is 361 g/mol. The minimum Gasteiger partial charge on any atom is -0.450 e. The molecule has 152 valence electrons. The van der Waals surface area contributed by atoms with E-state index in [2.05, 4.69) is 11.8 Å². The highest BCUT2D eigenvalue weighted by Crippen LogP contribution is 2.36. The lowest BCUT2D eigenvalue weighted by atomic mass is 9.93. The molecule has 7 heteroatoms. The van der Waals surface area contributed by atoms with Crippen molar-refractivity contribution in [1.29, 1.82) is 0 Å². The minimum absolute atomic E-state index is 0.0588. The topological polar surface area (TPSA) is 53.1 Å². The van der Waals surface area contributed by atoms with Gasteiger partial charge in [-0.2, -0.15) is 0 Å². The molecule has 1 atom stereocenters. The van der Waals surface area contributed by atoms with E-state index in [1.807, 2.05) is 11.8 Å². The molecule has 1 unspecified atom stereocenters. The predicted octanol–water partition coefficient (Wildman–Crippen LogP) is 2.80. The number of fused-ring (bicyclic) bond motifs is 1. The Balaban J connectivity index is 1.40. The summed E-state index contributed by atoms with van der Waals surface area (Å²) in [5.74, 6) is -0.229. The maximum absolute atomic E-state index is 13.7. The number of piperidine rings is 1. The summed E-state index contributed by atoms with van der Waals surface area (Å²) in [6.07, 6.45) is 2.77. The third-order valence-corrected chi connectivity index (χ3v) is 6.49. The van der Waals surface area contributed by atoms with Gasteiger partial charge >= 0.3 is 6.09 Å². The third kappa shape index (κ3) is 3.36. The molecule has 6 nitrogen and oxygen atoms in total. The quantitative estimate of drug-likeness (QED) is 0.798. The molecule has 3 aliphatic rings. The molecule has 2 saturated heterocycles. The highest BCUT2D eigenvalue weighted by molar-refractivity contribution is 6.01. The lowest BCUT2D eigenvalue weighted by molar-refractivity contribution is -0.118. The summed E-state index contributed by atoms with van der Waals surface area (Å²) in [6.45, 7) is 7.54. The second kappa shape index (κ2) is 7.35. The second-order valence-corrected chi connectivity index (χ2v) is 8.30. The van der Waals surface area contributed by atoms with Crippen LogP contribution in [0.3, 0.4) is 0 Å². The van der Waals surface area contributed by atoms with Crippen LogP contribution in [0.2, 0.25) is 0 Å². The van der Waals surface area contributed by atoms with Gasteiger partial charge in [-0.05, 0) is 50.8 Å². The lowest BCUT2D eigenvalue weighted by Crippen LogP contribution is -2.55. The molecule has 0 saturated carbocycles. The maximum Gasteiger partial charge on any atom is 0.409 e. The van der Waals surface area contributed by atoms with Gasteiger partial charge in [-0.1, -0.05) is 6.07 Å². The van der Waals surface area contributed by atoms with Crippen LogP contribution in [0.5, 0.6) is 0 Å². The first-order valence-electron chi connectivity index (χ1n) is 10.2. The molecule has 2 fully saturated rings. The summed E-state index contributed by atoms with van der Waals surface area (Å²) in [5.41, 5.74) is 1.60. The van der Waals surface area contributed by atoms with Crippen molar-refractivity contribution < 1.29 is 18.7 Å². The van der Waals surface area contributed by atoms with Gasteiger partial charge in [0.25, 0.3) is 0 Å². The molecular formula is C21H28FN3O3. The van der Waals surface area contributed by atoms with Gasteiger partial charge in [0, 0.05) is 37.8 Å². The Morgan fingerprint density at radius 3 is 2.75 bits per heavy atom. The number of carbonyl (C=O) groups excluding carboxylic acids is 2. The molecule has 3 aliphatic heterocycles. The number of rotatable bonds is 3. The van der Waals surface area contributed by atoms with Gasteiger partial charge in [-0.3, -0.25) is 9.69 Å². The zero-order valence-corrected chi connectivity index (χ0v) is 16.6. The SMILES string of the molecule is CCOC(=O)N1CCC(C)(N2CCC(N3C(=O)Cc4ccc(F)cc43)CC2)C1. The van der Waals surface area contributed by atoms with Crippen molar-refractivity contribution in [3.63, 3.8) is 0 Å². The average molecular weight is 389 g/mol. The minimum atomic E-state index is -0.298. The van der Waals surface area contributed by atoms with Crippen molar-refractivity contribution in [3.8, 4) is 0 Å². The van der Waals surface area contributed by atoms with Crippen molar-refractivity contribution in [2.75, 3.05) is 37.7 Å². The Morgan fingerprint density at radius 1 is 1.29 bits per heavy atom. The van der Waals surface area contributed by atoms with Gasteiger partial charge in [0.05, 0.1) is 18.7 Å². The van der Waals surface area contributed by atoms with Crippen molar-refractivity contribution in [2.24, 2.45) is 0 Å². The summed E-state index contributed by atoms with van der Waals surface area (Å²) in [7, 11) is 0. The molecule has 0 N–H and O–H groups in total. The highest BCUT2D eigenvalue weighted by Gasteiger charge is 2.44. The van der Waals surface area contributed by atoms with Crippen molar-refractivity contribution >= 4 is 17.7 Å². The molecule has 0 bridgehead atoms. The fourth-order valence-corrected chi connectivity index (χ4v) is 4.93. The largest absolute Gasteiger partial charge is 0.450 e. The number of halogens is 1. The molecule has 2 amide bonds. The van der Waals surface area contributed by atoms with Crippen molar-refractivity contribution in [3.05, 3.63) is 29.6 Å². The van der Waals surface area contributed by atoms with E-state index in [0.717, 1.165) is 43.6 Å². The maximum atomic E-state index is 13.7. The highest BCUT2D eigenvalue weighted by atomic mass is 19.1.